The topological polar surface area (TPSA) is 50.5 Å². The number of halogens is 1. The van der Waals surface area contributed by atoms with Gasteiger partial charge in [-0.25, -0.2) is 0 Å². The maximum absolute atomic E-state index is 9.91. The quantitative estimate of drug-likeness (QED) is 0.921. The van der Waals surface area contributed by atoms with E-state index in [1.165, 1.54) is 0 Å². The summed E-state index contributed by atoms with van der Waals surface area (Å²) in [4.78, 5) is 4.26. The first-order chi connectivity index (χ1) is 9.01. The highest BCUT2D eigenvalue weighted by Crippen LogP contribution is 2.30. The van der Waals surface area contributed by atoms with Crippen molar-refractivity contribution >= 4 is 21.6 Å². The van der Waals surface area contributed by atoms with Crippen molar-refractivity contribution in [1.29, 1.82) is 5.26 Å². The van der Waals surface area contributed by atoms with Gasteiger partial charge in [-0.15, -0.1) is 0 Å². The minimum atomic E-state index is -0.319. The van der Waals surface area contributed by atoms with Gasteiger partial charge in [-0.05, 0) is 38.7 Å². The summed E-state index contributed by atoms with van der Waals surface area (Å²) in [5.41, 5.74) is 1.56. The fourth-order valence-corrected chi connectivity index (χ4v) is 2.99. The molecule has 0 aromatic heterocycles. The smallest absolute Gasteiger partial charge is 0.101 e. The van der Waals surface area contributed by atoms with Crippen molar-refractivity contribution < 1.29 is 5.11 Å². The molecule has 0 aliphatic carbocycles. The molecule has 1 fully saturated rings. The number of rotatable bonds is 3. The Bertz CT molecular complexity index is 498. The van der Waals surface area contributed by atoms with Crippen molar-refractivity contribution in [2.75, 3.05) is 32.1 Å². The van der Waals surface area contributed by atoms with Gasteiger partial charge in [0, 0.05) is 23.6 Å². The SMILES string of the molecule is CN(C)CC1CC(O)CN1c1ccc(Br)cc1C#N. The van der Waals surface area contributed by atoms with E-state index in [0.29, 0.717) is 12.1 Å². The lowest BCUT2D eigenvalue weighted by molar-refractivity contribution is 0.191. The van der Waals surface area contributed by atoms with Gasteiger partial charge in [0.05, 0.1) is 17.4 Å². The molecule has 102 valence electrons. The van der Waals surface area contributed by atoms with Crippen LogP contribution >= 0.6 is 15.9 Å². The van der Waals surface area contributed by atoms with Crippen LogP contribution in [0.5, 0.6) is 0 Å². The Morgan fingerprint density at radius 2 is 2.26 bits per heavy atom. The Labute approximate surface area is 122 Å². The predicted octanol–water partition coefficient (Wildman–Crippen LogP) is 1.82. The lowest BCUT2D eigenvalue weighted by Crippen LogP contribution is -2.38. The van der Waals surface area contributed by atoms with E-state index < -0.39 is 0 Å². The van der Waals surface area contributed by atoms with E-state index in [4.69, 9.17) is 0 Å². The number of anilines is 1. The summed E-state index contributed by atoms with van der Waals surface area (Å²) in [7, 11) is 4.05. The third kappa shape index (κ3) is 3.27. The van der Waals surface area contributed by atoms with Gasteiger partial charge in [-0.1, -0.05) is 15.9 Å². The van der Waals surface area contributed by atoms with Gasteiger partial charge in [0.25, 0.3) is 0 Å². The van der Waals surface area contributed by atoms with E-state index in [1.807, 2.05) is 32.3 Å². The summed E-state index contributed by atoms with van der Waals surface area (Å²) in [6.07, 6.45) is 0.430. The Kier molecular flexibility index (Phi) is 4.46. The molecule has 4 nitrogen and oxygen atoms in total. The standard InChI is InChI=1S/C14H18BrN3O/c1-17(2)8-12-6-13(19)9-18(12)14-4-3-11(15)5-10(14)7-16/h3-5,12-13,19H,6,8-9H2,1-2H3. The zero-order valence-corrected chi connectivity index (χ0v) is 12.8. The average molecular weight is 324 g/mol. The number of hydrogen-bond acceptors (Lipinski definition) is 4. The summed E-state index contributed by atoms with van der Waals surface area (Å²) in [6.45, 7) is 1.47. The van der Waals surface area contributed by atoms with Crippen LogP contribution < -0.4 is 4.90 Å². The first-order valence-corrected chi connectivity index (χ1v) is 7.09. The van der Waals surface area contributed by atoms with E-state index in [9.17, 15) is 10.4 Å². The molecule has 0 saturated carbocycles. The van der Waals surface area contributed by atoms with Crippen LogP contribution in [0.2, 0.25) is 0 Å². The zero-order chi connectivity index (χ0) is 14.0. The Balaban J connectivity index is 2.31. The van der Waals surface area contributed by atoms with Crippen molar-refractivity contribution in [3.8, 4) is 6.07 Å². The fourth-order valence-electron chi connectivity index (χ4n) is 2.63. The Morgan fingerprint density at radius 3 is 2.89 bits per heavy atom. The molecule has 1 saturated heterocycles. The molecule has 0 radical (unpaired) electrons. The fraction of sp³-hybridized carbons (Fsp3) is 0.500. The maximum Gasteiger partial charge on any atom is 0.101 e. The Morgan fingerprint density at radius 1 is 1.53 bits per heavy atom. The number of β-amino-alcohol motifs (C(OH)–C–C–N with tert-alkyl or cyclic N) is 1. The first-order valence-electron chi connectivity index (χ1n) is 6.30. The average Bonchev–Trinajstić information content (AvgIpc) is 2.69. The van der Waals surface area contributed by atoms with E-state index >= 15 is 0 Å². The molecule has 2 rings (SSSR count). The number of benzene rings is 1. The molecule has 1 aromatic carbocycles. The summed E-state index contributed by atoms with van der Waals surface area (Å²) in [5.74, 6) is 0. The van der Waals surface area contributed by atoms with Gasteiger partial charge < -0.3 is 14.9 Å². The molecule has 1 aliphatic heterocycles. The molecule has 5 heteroatoms. The van der Waals surface area contributed by atoms with Crippen molar-refractivity contribution in [3.05, 3.63) is 28.2 Å². The highest BCUT2D eigenvalue weighted by molar-refractivity contribution is 9.10. The van der Waals surface area contributed by atoms with E-state index in [0.717, 1.165) is 23.1 Å². The molecule has 19 heavy (non-hydrogen) atoms. The number of likely N-dealkylation sites (N-methyl/N-ethyl adjacent to an activating group) is 1. The summed E-state index contributed by atoms with van der Waals surface area (Å²) >= 11 is 3.39. The van der Waals surface area contributed by atoms with Crippen molar-refractivity contribution in [2.24, 2.45) is 0 Å². The molecule has 2 atom stereocenters. The molecular weight excluding hydrogens is 306 g/mol. The van der Waals surface area contributed by atoms with Crippen LogP contribution in [0.3, 0.4) is 0 Å². The van der Waals surface area contributed by atoms with Crippen LogP contribution in [0.1, 0.15) is 12.0 Å². The van der Waals surface area contributed by atoms with Crippen LogP contribution in [0.25, 0.3) is 0 Å². The normalized spacial score (nSPS) is 22.8. The lowest BCUT2D eigenvalue weighted by atomic mass is 10.1. The molecule has 0 spiro atoms. The third-order valence-electron chi connectivity index (χ3n) is 3.36. The highest BCUT2D eigenvalue weighted by Gasteiger charge is 2.32. The van der Waals surface area contributed by atoms with E-state index in [-0.39, 0.29) is 12.1 Å². The van der Waals surface area contributed by atoms with Gasteiger partial charge >= 0.3 is 0 Å². The lowest BCUT2D eigenvalue weighted by Gasteiger charge is -2.29. The highest BCUT2D eigenvalue weighted by atomic mass is 79.9. The van der Waals surface area contributed by atoms with Crippen LogP contribution in [-0.4, -0.2) is 49.3 Å². The number of aliphatic hydroxyl groups excluding tert-OH is 1. The molecule has 1 aliphatic rings. The van der Waals surface area contributed by atoms with Gasteiger partial charge in [0.1, 0.15) is 6.07 Å². The summed E-state index contributed by atoms with van der Waals surface area (Å²) in [5, 5.41) is 19.2. The van der Waals surface area contributed by atoms with Crippen molar-refractivity contribution in [3.63, 3.8) is 0 Å². The molecule has 2 unspecified atom stereocenters. The Hall–Kier alpha value is -1.09. The molecular formula is C14H18BrN3O. The van der Waals surface area contributed by atoms with Gasteiger partial charge in [0.2, 0.25) is 0 Å². The number of nitrogens with zero attached hydrogens (tertiary/aromatic N) is 3. The monoisotopic (exact) mass is 323 g/mol. The van der Waals surface area contributed by atoms with Gasteiger partial charge in [-0.2, -0.15) is 5.26 Å². The third-order valence-corrected chi connectivity index (χ3v) is 3.85. The summed E-state index contributed by atoms with van der Waals surface area (Å²) in [6, 6.07) is 8.20. The molecule has 1 N–H and O–H groups in total. The minimum absolute atomic E-state index is 0.248. The number of nitriles is 1. The largest absolute Gasteiger partial charge is 0.391 e. The summed E-state index contributed by atoms with van der Waals surface area (Å²) < 4.78 is 0.900. The zero-order valence-electron chi connectivity index (χ0n) is 11.2. The first kappa shape index (κ1) is 14.3. The molecule has 1 heterocycles. The van der Waals surface area contributed by atoms with Crippen LogP contribution in [0, 0.1) is 11.3 Å². The van der Waals surface area contributed by atoms with Crippen molar-refractivity contribution in [1.82, 2.24) is 4.90 Å². The molecule has 0 amide bonds. The number of aliphatic hydroxyl groups is 1. The van der Waals surface area contributed by atoms with Crippen LogP contribution in [0.15, 0.2) is 22.7 Å². The van der Waals surface area contributed by atoms with E-state index in [1.54, 1.807) is 0 Å². The minimum Gasteiger partial charge on any atom is -0.391 e. The molecule has 1 aromatic rings. The second-order valence-electron chi connectivity index (χ2n) is 5.23. The van der Waals surface area contributed by atoms with Crippen LogP contribution in [-0.2, 0) is 0 Å². The van der Waals surface area contributed by atoms with Crippen LogP contribution in [0.4, 0.5) is 5.69 Å². The second-order valence-corrected chi connectivity index (χ2v) is 6.15. The predicted molar refractivity (Wildman–Crippen MR) is 79.2 cm³/mol. The second kappa shape index (κ2) is 5.91. The van der Waals surface area contributed by atoms with Gasteiger partial charge in [-0.3, -0.25) is 0 Å². The van der Waals surface area contributed by atoms with Crippen molar-refractivity contribution in [2.45, 2.75) is 18.6 Å². The maximum atomic E-state index is 9.91. The number of hydrogen-bond donors (Lipinski definition) is 1. The molecule has 0 bridgehead atoms. The van der Waals surface area contributed by atoms with Gasteiger partial charge in [0.15, 0.2) is 0 Å². The van der Waals surface area contributed by atoms with E-state index in [2.05, 4.69) is 31.8 Å².